The van der Waals surface area contributed by atoms with Crippen molar-refractivity contribution in [1.82, 2.24) is 35.1 Å². The van der Waals surface area contributed by atoms with E-state index in [4.69, 9.17) is 0 Å². The smallest absolute Gasteiger partial charge is 0.302 e. The minimum Gasteiger partial charge on any atom is -0.302 e. The molecule has 0 spiro atoms. The van der Waals surface area contributed by atoms with Crippen molar-refractivity contribution in [3.8, 4) is 0 Å². The lowest BCUT2D eigenvalue weighted by Gasteiger charge is -2.11. The third kappa shape index (κ3) is 4.41. The molecular weight excluding hydrogens is 441 g/mol. The molecule has 5 rings (SSSR count). The van der Waals surface area contributed by atoms with Crippen molar-refractivity contribution in [3.63, 3.8) is 0 Å². The van der Waals surface area contributed by atoms with Crippen molar-refractivity contribution in [3.05, 3.63) is 52.4 Å². The van der Waals surface area contributed by atoms with Crippen LogP contribution in [0.3, 0.4) is 0 Å². The maximum Gasteiger partial charge on any atom is 0.401 e. The van der Waals surface area contributed by atoms with Gasteiger partial charge in [0.05, 0.1) is 18.6 Å². The summed E-state index contributed by atoms with van der Waals surface area (Å²) in [7, 11) is 1.94. The summed E-state index contributed by atoms with van der Waals surface area (Å²) in [4.78, 5) is 5.13. The molecule has 1 unspecified atom stereocenters. The van der Waals surface area contributed by atoms with E-state index in [9.17, 15) is 13.2 Å². The average Bonchev–Trinajstić information content (AvgIpc) is 3.44. The van der Waals surface area contributed by atoms with Crippen LogP contribution in [0.2, 0.25) is 0 Å². The number of benzene rings is 1. The van der Waals surface area contributed by atoms with Crippen molar-refractivity contribution >= 4 is 33.4 Å². The number of nitrogens with zero attached hydrogens (tertiary/aromatic N) is 7. The Bertz CT molecular complexity index is 1300. The molecular formula is C20H19F3N8S. The van der Waals surface area contributed by atoms with Gasteiger partial charge in [0.2, 0.25) is 4.96 Å². The van der Waals surface area contributed by atoms with Crippen LogP contribution in [-0.2, 0) is 13.0 Å². The summed E-state index contributed by atoms with van der Waals surface area (Å²) in [5.41, 5.74) is 3.04. The van der Waals surface area contributed by atoms with Crippen molar-refractivity contribution in [2.24, 2.45) is 5.10 Å². The highest BCUT2D eigenvalue weighted by molar-refractivity contribution is 7.16. The minimum atomic E-state index is -4.25. The largest absolute Gasteiger partial charge is 0.401 e. The van der Waals surface area contributed by atoms with Crippen molar-refractivity contribution in [2.45, 2.75) is 25.1 Å². The Morgan fingerprint density at radius 3 is 2.88 bits per heavy atom. The molecule has 0 amide bonds. The molecule has 0 fully saturated rings. The number of hydrazone groups is 1. The Balaban J connectivity index is 1.35. The Morgan fingerprint density at radius 2 is 2.09 bits per heavy atom. The van der Waals surface area contributed by atoms with E-state index in [1.165, 1.54) is 11.3 Å². The van der Waals surface area contributed by atoms with E-state index in [2.05, 4.69) is 42.8 Å². The molecule has 4 heterocycles. The van der Waals surface area contributed by atoms with Gasteiger partial charge in [-0.2, -0.15) is 27.9 Å². The van der Waals surface area contributed by atoms with E-state index in [0.717, 1.165) is 28.6 Å². The number of likely N-dealkylation sites (N-methyl/N-ethyl adjacent to an activating group) is 1. The van der Waals surface area contributed by atoms with Crippen LogP contribution < -0.4 is 5.32 Å². The molecule has 12 heteroatoms. The number of hydrogen-bond donors (Lipinski definition) is 1. The third-order valence-electron chi connectivity index (χ3n) is 5.16. The molecule has 0 radical (unpaired) electrons. The van der Waals surface area contributed by atoms with E-state index >= 15 is 0 Å². The van der Waals surface area contributed by atoms with Gasteiger partial charge in [0.1, 0.15) is 5.01 Å². The fraction of sp³-hybridized carbons (Fsp3) is 0.350. The highest BCUT2D eigenvalue weighted by Crippen LogP contribution is 2.24. The predicted octanol–water partition coefficient (Wildman–Crippen LogP) is 2.99. The van der Waals surface area contributed by atoms with E-state index < -0.39 is 12.7 Å². The standard InChI is InChI=1S/C20H19F3N8S/c1-30-10-15(8-26-30)14-6-13-4-12(2-3-16(13)25-7-14)5-17-27-28-19-31(17)29-18(32-19)9-24-11-20(21,22)23/h2-4,6-8,15,24H,5,9-11H2,1H3. The van der Waals surface area contributed by atoms with Crippen LogP contribution in [0.15, 0.2) is 35.6 Å². The monoisotopic (exact) mass is 460 g/mol. The Labute approximate surface area is 184 Å². The predicted molar refractivity (Wildman–Crippen MR) is 115 cm³/mol. The quantitative estimate of drug-likeness (QED) is 0.476. The first-order valence-electron chi connectivity index (χ1n) is 9.95. The van der Waals surface area contributed by atoms with Gasteiger partial charge in [0.15, 0.2) is 5.82 Å². The highest BCUT2D eigenvalue weighted by atomic mass is 32.1. The van der Waals surface area contributed by atoms with Gasteiger partial charge >= 0.3 is 6.18 Å². The minimum absolute atomic E-state index is 0.0249. The van der Waals surface area contributed by atoms with Gasteiger partial charge < -0.3 is 5.32 Å². The fourth-order valence-electron chi connectivity index (χ4n) is 3.65. The van der Waals surface area contributed by atoms with E-state index in [1.54, 1.807) is 4.52 Å². The van der Waals surface area contributed by atoms with Gasteiger partial charge in [-0.05, 0) is 29.3 Å². The van der Waals surface area contributed by atoms with Gasteiger partial charge in [0, 0.05) is 43.7 Å². The normalized spacial score (nSPS) is 16.6. The second-order valence-electron chi connectivity index (χ2n) is 7.71. The molecule has 4 aromatic rings. The zero-order chi connectivity index (χ0) is 22.3. The fourth-order valence-corrected chi connectivity index (χ4v) is 4.47. The van der Waals surface area contributed by atoms with Crippen LogP contribution in [0.25, 0.3) is 15.9 Å². The lowest BCUT2D eigenvalue weighted by atomic mass is 10.00. The Hall–Kier alpha value is -3.12. The first kappa shape index (κ1) is 20.8. The first-order chi connectivity index (χ1) is 15.3. The molecule has 8 nitrogen and oxygen atoms in total. The molecule has 1 atom stereocenters. The summed E-state index contributed by atoms with van der Waals surface area (Å²) in [6, 6.07) is 8.16. The summed E-state index contributed by atoms with van der Waals surface area (Å²) < 4.78 is 38.6. The summed E-state index contributed by atoms with van der Waals surface area (Å²) in [6.45, 7) is -0.207. The zero-order valence-corrected chi connectivity index (χ0v) is 17.9. The SMILES string of the molecule is CN1CC(c2cnc3ccc(Cc4nnc5sc(CNCC(F)(F)F)nn45)cc3c2)C=N1. The highest BCUT2D eigenvalue weighted by Gasteiger charge is 2.26. The number of fused-ring (bicyclic) bond motifs is 2. The Kier molecular flexibility index (Phi) is 5.25. The van der Waals surface area contributed by atoms with E-state index in [-0.39, 0.29) is 12.5 Å². The number of hydrogen-bond acceptors (Lipinski definition) is 8. The first-order valence-corrected chi connectivity index (χ1v) is 10.8. The maximum atomic E-state index is 12.3. The van der Waals surface area contributed by atoms with Crippen molar-refractivity contribution in [2.75, 3.05) is 20.1 Å². The molecule has 1 aromatic carbocycles. The molecule has 0 saturated heterocycles. The summed E-state index contributed by atoms with van der Waals surface area (Å²) in [5, 5.41) is 22.8. The second kappa shape index (κ2) is 8.10. The summed E-state index contributed by atoms with van der Waals surface area (Å²) >= 11 is 1.22. The van der Waals surface area contributed by atoms with Gasteiger partial charge in [-0.3, -0.25) is 9.99 Å². The third-order valence-corrected chi connectivity index (χ3v) is 6.06. The molecule has 1 aliphatic heterocycles. The van der Waals surface area contributed by atoms with Crippen LogP contribution in [0.4, 0.5) is 13.2 Å². The van der Waals surface area contributed by atoms with Crippen molar-refractivity contribution < 1.29 is 13.2 Å². The number of rotatable bonds is 6. The van der Waals surface area contributed by atoms with Gasteiger partial charge in [-0.1, -0.05) is 17.4 Å². The van der Waals surface area contributed by atoms with E-state index in [1.807, 2.05) is 36.6 Å². The van der Waals surface area contributed by atoms with Crippen LogP contribution in [-0.4, -0.2) is 62.3 Å². The van der Waals surface area contributed by atoms with Crippen LogP contribution in [0, 0.1) is 0 Å². The maximum absolute atomic E-state index is 12.3. The Morgan fingerprint density at radius 1 is 1.22 bits per heavy atom. The number of aromatic nitrogens is 5. The molecule has 0 aliphatic carbocycles. The van der Waals surface area contributed by atoms with Crippen molar-refractivity contribution in [1.29, 1.82) is 0 Å². The molecule has 166 valence electrons. The summed E-state index contributed by atoms with van der Waals surface area (Å²) in [6.07, 6.45) is 0.0656. The van der Waals surface area contributed by atoms with Gasteiger partial charge in [-0.25, -0.2) is 0 Å². The topological polar surface area (TPSA) is 83.6 Å². The number of pyridine rings is 1. The number of nitrogens with one attached hydrogen (secondary N) is 1. The van der Waals surface area contributed by atoms with Gasteiger partial charge in [-0.15, -0.1) is 10.2 Å². The molecule has 0 bridgehead atoms. The lowest BCUT2D eigenvalue weighted by molar-refractivity contribution is -0.125. The lowest BCUT2D eigenvalue weighted by Crippen LogP contribution is -2.28. The summed E-state index contributed by atoms with van der Waals surface area (Å²) in [5.74, 6) is 0.849. The zero-order valence-electron chi connectivity index (χ0n) is 17.0. The molecule has 3 aromatic heterocycles. The number of alkyl halides is 3. The molecule has 1 aliphatic rings. The van der Waals surface area contributed by atoms with Gasteiger partial charge in [0.25, 0.3) is 0 Å². The second-order valence-corrected chi connectivity index (χ2v) is 8.75. The molecule has 1 N–H and O–H groups in total. The molecule has 32 heavy (non-hydrogen) atoms. The molecule has 0 saturated carbocycles. The average molecular weight is 460 g/mol. The van der Waals surface area contributed by atoms with Crippen LogP contribution >= 0.6 is 11.3 Å². The van der Waals surface area contributed by atoms with E-state index in [0.29, 0.717) is 22.2 Å². The van der Waals surface area contributed by atoms with Crippen LogP contribution in [0.5, 0.6) is 0 Å². The number of halogens is 3. The van der Waals surface area contributed by atoms with Crippen LogP contribution in [0.1, 0.15) is 27.9 Å².